The van der Waals surface area contributed by atoms with E-state index < -0.39 is 0 Å². The van der Waals surface area contributed by atoms with Crippen molar-refractivity contribution in [1.29, 1.82) is 0 Å². The first-order chi connectivity index (χ1) is 10.9. The van der Waals surface area contributed by atoms with Crippen LogP contribution in [0, 0.1) is 0 Å². The second kappa shape index (κ2) is 20.7. The predicted octanol–water partition coefficient (Wildman–Crippen LogP) is 0.0298. The van der Waals surface area contributed by atoms with E-state index in [9.17, 15) is 0 Å². The molecule has 0 aliphatic carbocycles. The van der Waals surface area contributed by atoms with Gasteiger partial charge in [-0.15, -0.1) is 0 Å². The van der Waals surface area contributed by atoms with Crippen LogP contribution < -0.4 is 0 Å². The minimum Gasteiger partial charge on any atom is -0.394 e. The minimum absolute atomic E-state index is 0.0323. The third kappa shape index (κ3) is 19.7. The molecule has 0 aromatic heterocycles. The Labute approximate surface area is 132 Å². The average Bonchev–Trinajstić information content (AvgIpc) is 2.54. The van der Waals surface area contributed by atoms with E-state index in [0.717, 1.165) is 0 Å². The third-order valence-electron chi connectivity index (χ3n) is 2.26. The van der Waals surface area contributed by atoms with Crippen molar-refractivity contribution in [2.75, 3.05) is 85.9 Å². The van der Waals surface area contributed by atoms with E-state index in [1.165, 1.54) is 0 Å². The summed E-state index contributed by atoms with van der Waals surface area (Å²) in [7, 11) is 0. The molecule has 0 radical (unpaired) electrons. The van der Waals surface area contributed by atoms with Crippen LogP contribution >= 0.6 is 0 Å². The highest BCUT2D eigenvalue weighted by molar-refractivity contribution is 4.34. The topological polar surface area (TPSA) is 84.8 Å². The van der Waals surface area contributed by atoms with Crippen LogP contribution in [0.3, 0.4) is 0 Å². The third-order valence-corrected chi connectivity index (χ3v) is 2.26. The zero-order valence-corrected chi connectivity index (χ0v) is 13.5. The molecule has 22 heavy (non-hydrogen) atoms. The molecule has 0 bridgehead atoms. The van der Waals surface area contributed by atoms with Crippen molar-refractivity contribution in [3.05, 3.63) is 0 Å². The second-order valence-corrected chi connectivity index (χ2v) is 4.01. The molecule has 0 aliphatic rings. The molecule has 134 valence electrons. The van der Waals surface area contributed by atoms with Gasteiger partial charge in [0.15, 0.2) is 0 Å². The summed E-state index contributed by atoms with van der Waals surface area (Å²) < 4.78 is 25.9. The van der Waals surface area contributed by atoms with Gasteiger partial charge >= 0.3 is 0 Å². The Bertz CT molecular complexity index is 174. The molecular weight excluding hydrogens is 296 g/mol. The van der Waals surface area contributed by atoms with Crippen molar-refractivity contribution in [2.45, 2.75) is 6.92 Å². The molecule has 0 aliphatic heterocycles. The van der Waals surface area contributed by atoms with Gasteiger partial charge in [0.25, 0.3) is 0 Å². The Morgan fingerprint density at radius 3 is 1.27 bits per heavy atom. The maximum absolute atomic E-state index is 8.48. The lowest BCUT2D eigenvalue weighted by molar-refractivity contribution is -0.303. The van der Waals surface area contributed by atoms with Crippen molar-refractivity contribution < 1.29 is 38.6 Å². The van der Waals surface area contributed by atoms with E-state index in [-0.39, 0.29) is 6.61 Å². The fourth-order valence-corrected chi connectivity index (χ4v) is 1.27. The maximum atomic E-state index is 8.48. The van der Waals surface area contributed by atoms with Crippen LogP contribution in [0.2, 0.25) is 0 Å². The van der Waals surface area contributed by atoms with Gasteiger partial charge in [0.1, 0.15) is 13.2 Å². The van der Waals surface area contributed by atoms with Crippen LogP contribution in [0.25, 0.3) is 0 Å². The Balaban J connectivity index is 2.91. The van der Waals surface area contributed by atoms with Gasteiger partial charge in [0, 0.05) is 6.61 Å². The van der Waals surface area contributed by atoms with Gasteiger partial charge in [-0.1, -0.05) is 0 Å². The van der Waals surface area contributed by atoms with E-state index in [0.29, 0.717) is 79.3 Å². The number of ether oxygens (including phenoxy) is 5. The fourth-order valence-electron chi connectivity index (χ4n) is 1.27. The van der Waals surface area contributed by atoms with E-state index in [2.05, 4.69) is 0 Å². The van der Waals surface area contributed by atoms with Gasteiger partial charge in [-0.25, -0.2) is 9.78 Å². The molecule has 0 atom stereocenters. The summed E-state index contributed by atoms with van der Waals surface area (Å²) in [6.07, 6.45) is 0. The number of aliphatic hydroxyl groups excluding tert-OH is 1. The van der Waals surface area contributed by atoms with Crippen LogP contribution in [0.5, 0.6) is 0 Å². The Kier molecular flexibility index (Phi) is 20.4. The van der Waals surface area contributed by atoms with Crippen molar-refractivity contribution in [3.8, 4) is 0 Å². The Morgan fingerprint density at radius 1 is 0.500 bits per heavy atom. The Hall–Kier alpha value is -0.320. The lowest BCUT2D eigenvalue weighted by atomic mass is 10.7. The molecule has 0 aromatic carbocycles. The molecular formula is C14H30O8. The number of hydrogen-bond acceptors (Lipinski definition) is 8. The van der Waals surface area contributed by atoms with E-state index in [1.54, 1.807) is 0 Å². The lowest BCUT2D eigenvalue weighted by Gasteiger charge is -2.07. The first kappa shape index (κ1) is 21.7. The van der Waals surface area contributed by atoms with Gasteiger partial charge in [-0.3, -0.25) is 0 Å². The normalized spacial score (nSPS) is 11.2. The quantitative estimate of drug-likeness (QED) is 0.202. The standard InChI is InChI=1S/C14H30O8/c1-2-16-5-6-19-11-13-21-22-14-12-20-10-9-18-8-7-17-4-3-15/h15H,2-14H2,1H3. The molecule has 0 fully saturated rings. The van der Waals surface area contributed by atoms with Crippen LogP contribution in [0.1, 0.15) is 6.92 Å². The molecule has 8 nitrogen and oxygen atoms in total. The number of rotatable bonds is 19. The fraction of sp³-hybridized carbons (Fsp3) is 1.00. The lowest BCUT2D eigenvalue weighted by Crippen LogP contribution is -2.13. The number of hydrogen-bond donors (Lipinski definition) is 1. The van der Waals surface area contributed by atoms with Crippen LogP contribution in [-0.4, -0.2) is 91.0 Å². The van der Waals surface area contributed by atoms with Gasteiger partial charge in [0.05, 0.1) is 66.1 Å². The molecule has 0 spiro atoms. The summed E-state index contributed by atoms with van der Waals surface area (Å²) in [6.45, 7) is 7.78. The highest BCUT2D eigenvalue weighted by atomic mass is 17.2. The molecule has 0 aromatic rings. The Morgan fingerprint density at radius 2 is 0.864 bits per heavy atom. The predicted molar refractivity (Wildman–Crippen MR) is 78.8 cm³/mol. The zero-order chi connectivity index (χ0) is 16.1. The molecule has 0 amide bonds. The van der Waals surface area contributed by atoms with Crippen LogP contribution in [-0.2, 0) is 33.5 Å². The molecule has 0 unspecified atom stereocenters. The molecule has 0 saturated heterocycles. The first-order valence-electron chi connectivity index (χ1n) is 7.65. The SMILES string of the molecule is CCOCCOCCOOCCOCCOCCOCCO. The molecule has 0 saturated carbocycles. The van der Waals surface area contributed by atoms with Crippen molar-refractivity contribution >= 4 is 0 Å². The summed E-state index contributed by atoms with van der Waals surface area (Å²) >= 11 is 0. The van der Waals surface area contributed by atoms with Gasteiger partial charge in [-0.05, 0) is 6.92 Å². The molecule has 0 rings (SSSR count). The smallest absolute Gasteiger partial charge is 0.106 e. The second-order valence-electron chi connectivity index (χ2n) is 4.01. The number of aliphatic hydroxyl groups is 1. The average molecular weight is 326 g/mol. The minimum atomic E-state index is 0.0323. The monoisotopic (exact) mass is 326 g/mol. The van der Waals surface area contributed by atoms with Gasteiger partial charge in [0.2, 0.25) is 0 Å². The van der Waals surface area contributed by atoms with Crippen LogP contribution in [0.4, 0.5) is 0 Å². The van der Waals surface area contributed by atoms with Gasteiger partial charge < -0.3 is 28.8 Å². The first-order valence-corrected chi connectivity index (χ1v) is 7.65. The van der Waals surface area contributed by atoms with E-state index in [1.807, 2.05) is 6.92 Å². The largest absolute Gasteiger partial charge is 0.394 e. The summed E-state index contributed by atoms with van der Waals surface area (Å²) in [5.41, 5.74) is 0. The molecule has 8 heteroatoms. The maximum Gasteiger partial charge on any atom is 0.106 e. The van der Waals surface area contributed by atoms with Crippen molar-refractivity contribution in [1.82, 2.24) is 0 Å². The van der Waals surface area contributed by atoms with E-state index >= 15 is 0 Å². The van der Waals surface area contributed by atoms with E-state index in [4.69, 9.17) is 38.6 Å². The van der Waals surface area contributed by atoms with Crippen LogP contribution in [0.15, 0.2) is 0 Å². The highest BCUT2D eigenvalue weighted by Crippen LogP contribution is 1.85. The molecule has 1 N–H and O–H groups in total. The van der Waals surface area contributed by atoms with Crippen molar-refractivity contribution in [2.24, 2.45) is 0 Å². The summed E-state index contributed by atoms with van der Waals surface area (Å²) in [6, 6.07) is 0. The summed E-state index contributed by atoms with van der Waals surface area (Å²) in [4.78, 5) is 9.82. The highest BCUT2D eigenvalue weighted by Gasteiger charge is 1.94. The zero-order valence-electron chi connectivity index (χ0n) is 13.5. The molecule has 0 heterocycles. The summed E-state index contributed by atoms with van der Waals surface area (Å²) in [5.74, 6) is 0. The van der Waals surface area contributed by atoms with Crippen molar-refractivity contribution in [3.63, 3.8) is 0 Å². The van der Waals surface area contributed by atoms with Gasteiger partial charge in [-0.2, -0.15) is 0 Å². The summed E-state index contributed by atoms with van der Waals surface area (Å²) in [5, 5.41) is 8.48.